The molecule has 1 fully saturated rings. The van der Waals surface area contributed by atoms with Gasteiger partial charge in [0.1, 0.15) is 0 Å². The van der Waals surface area contributed by atoms with Gasteiger partial charge in [0.15, 0.2) is 5.82 Å². The molecule has 156 valence electrons. The molecule has 4 nitrogen and oxygen atoms in total. The van der Waals surface area contributed by atoms with Crippen molar-refractivity contribution in [2.75, 3.05) is 36.0 Å². The van der Waals surface area contributed by atoms with Crippen molar-refractivity contribution in [3.63, 3.8) is 0 Å². The van der Waals surface area contributed by atoms with Crippen molar-refractivity contribution in [3.05, 3.63) is 94.1 Å². The van der Waals surface area contributed by atoms with E-state index in [0.29, 0.717) is 10.0 Å². The van der Waals surface area contributed by atoms with Gasteiger partial charge in [-0.25, -0.2) is 0 Å². The van der Waals surface area contributed by atoms with Crippen LogP contribution in [0.3, 0.4) is 0 Å². The standard InChI is InChI=1S/C25H22Cl2N4/c26-22-11-10-19(17-23(22)27)30-12-14-31(15-13-30)25-21-9-5-4-8-20(21)24(28-29-25)16-18-6-2-1-3-7-18/h1-11,17H,12-16H2. The summed E-state index contributed by atoms with van der Waals surface area (Å²) >= 11 is 12.3. The second-order valence-corrected chi connectivity index (χ2v) is 8.57. The van der Waals surface area contributed by atoms with Crippen LogP contribution < -0.4 is 9.80 Å². The Balaban J connectivity index is 1.38. The van der Waals surface area contributed by atoms with Gasteiger partial charge in [0.25, 0.3) is 0 Å². The molecule has 4 aromatic rings. The summed E-state index contributed by atoms with van der Waals surface area (Å²) in [4.78, 5) is 4.66. The van der Waals surface area contributed by atoms with E-state index in [-0.39, 0.29) is 0 Å². The molecule has 1 aromatic heterocycles. The molecule has 1 saturated heterocycles. The van der Waals surface area contributed by atoms with Crippen LogP contribution in [0.4, 0.5) is 11.5 Å². The Morgan fingerprint density at radius 2 is 1.35 bits per heavy atom. The normalized spacial score (nSPS) is 14.3. The zero-order valence-electron chi connectivity index (χ0n) is 17.0. The van der Waals surface area contributed by atoms with Gasteiger partial charge in [0.05, 0.1) is 15.7 Å². The van der Waals surface area contributed by atoms with Crippen molar-refractivity contribution in [2.24, 2.45) is 0 Å². The SMILES string of the molecule is Clc1ccc(N2CCN(c3nnc(Cc4ccccc4)c4ccccc34)CC2)cc1Cl. The van der Waals surface area contributed by atoms with Gasteiger partial charge < -0.3 is 9.80 Å². The van der Waals surface area contributed by atoms with E-state index < -0.39 is 0 Å². The van der Waals surface area contributed by atoms with Crippen LogP contribution in [0.25, 0.3) is 10.8 Å². The number of nitrogens with zero attached hydrogens (tertiary/aromatic N) is 4. The third kappa shape index (κ3) is 4.18. The fraction of sp³-hybridized carbons (Fsp3) is 0.200. The van der Waals surface area contributed by atoms with Gasteiger partial charge in [-0.3, -0.25) is 0 Å². The van der Waals surface area contributed by atoms with Crippen molar-refractivity contribution in [1.82, 2.24) is 10.2 Å². The number of hydrogen-bond donors (Lipinski definition) is 0. The first-order chi connectivity index (χ1) is 15.2. The fourth-order valence-electron chi connectivity index (χ4n) is 4.16. The molecule has 0 aliphatic carbocycles. The van der Waals surface area contributed by atoms with Crippen LogP contribution in [0.2, 0.25) is 10.0 Å². The number of fused-ring (bicyclic) bond motifs is 1. The molecule has 5 rings (SSSR count). The van der Waals surface area contributed by atoms with E-state index in [1.807, 2.05) is 24.3 Å². The second-order valence-electron chi connectivity index (χ2n) is 7.75. The summed E-state index contributed by atoms with van der Waals surface area (Å²) in [5.74, 6) is 0.959. The van der Waals surface area contributed by atoms with Crippen molar-refractivity contribution >= 4 is 45.5 Å². The highest BCUT2D eigenvalue weighted by Crippen LogP contribution is 2.30. The van der Waals surface area contributed by atoms with E-state index in [1.54, 1.807) is 0 Å². The van der Waals surface area contributed by atoms with E-state index in [1.165, 1.54) is 10.9 Å². The minimum absolute atomic E-state index is 0.585. The highest BCUT2D eigenvalue weighted by molar-refractivity contribution is 6.42. The molecule has 2 heterocycles. The highest BCUT2D eigenvalue weighted by Gasteiger charge is 2.21. The second kappa shape index (κ2) is 8.74. The third-order valence-electron chi connectivity index (χ3n) is 5.81. The monoisotopic (exact) mass is 448 g/mol. The lowest BCUT2D eigenvalue weighted by Gasteiger charge is -2.37. The van der Waals surface area contributed by atoms with Crippen LogP contribution in [-0.4, -0.2) is 36.4 Å². The first kappa shape index (κ1) is 20.1. The predicted octanol–water partition coefficient (Wildman–Crippen LogP) is 5.85. The number of piperazine rings is 1. The number of hydrogen-bond acceptors (Lipinski definition) is 4. The van der Waals surface area contributed by atoms with Crippen molar-refractivity contribution < 1.29 is 0 Å². The largest absolute Gasteiger partial charge is 0.368 e. The molecule has 0 bridgehead atoms. The molecule has 3 aromatic carbocycles. The van der Waals surface area contributed by atoms with Crippen molar-refractivity contribution in [3.8, 4) is 0 Å². The van der Waals surface area contributed by atoms with Gasteiger partial charge in [0.2, 0.25) is 0 Å². The maximum atomic E-state index is 6.21. The quantitative estimate of drug-likeness (QED) is 0.391. The minimum Gasteiger partial charge on any atom is -0.368 e. The molecular formula is C25H22Cl2N4. The summed E-state index contributed by atoms with van der Waals surface area (Å²) in [5, 5.41) is 12.8. The van der Waals surface area contributed by atoms with Crippen LogP contribution in [0.5, 0.6) is 0 Å². The lowest BCUT2D eigenvalue weighted by molar-refractivity contribution is 0.645. The molecule has 0 atom stereocenters. The molecule has 0 amide bonds. The molecule has 0 N–H and O–H groups in total. The predicted molar refractivity (Wildman–Crippen MR) is 130 cm³/mol. The number of anilines is 2. The summed E-state index contributed by atoms with van der Waals surface area (Å²) in [5.41, 5.74) is 3.35. The zero-order valence-corrected chi connectivity index (χ0v) is 18.5. The average molecular weight is 449 g/mol. The minimum atomic E-state index is 0.585. The number of rotatable bonds is 4. The molecule has 0 saturated carbocycles. The Bertz CT molecular complexity index is 1200. The van der Waals surface area contributed by atoms with Crippen LogP contribution in [0.15, 0.2) is 72.8 Å². The van der Waals surface area contributed by atoms with Gasteiger partial charge in [-0.05, 0) is 23.8 Å². The van der Waals surface area contributed by atoms with Gasteiger partial charge in [-0.15, -0.1) is 5.10 Å². The maximum absolute atomic E-state index is 6.21. The van der Waals surface area contributed by atoms with Crippen LogP contribution in [0.1, 0.15) is 11.3 Å². The Kier molecular flexibility index (Phi) is 5.66. The lowest BCUT2D eigenvalue weighted by Crippen LogP contribution is -2.47. The first-order valence-corrected chi connectivity index (χ1v) is 11.2. The average Bonchev–Trinajstić information content (AvgIpc) is 2.82. The molecule has 0 unspecified atom stereocenters. The molecule has 31 heavy (non-hydrogen) atoms. The number of benzene rings is 3. The molecular weight excluding hydrogens is 427 g/mol. The van der Waals surface area contributed by atoms with Gasteiger partial charge in [-0.1, -0.05) is 77.8 Å². The third-order valence-corrected chi connectivity index (χ3v) is 6.55. The van der Waals surface area contributed by atoms with E-state index in [9.17, 15) is 0 Å². The first-order valence-electron chi connectivity index (χ1n) is 10.4. The smallest absolute Gasteiger partial charge is 0.159 e. The molecule has 1 aliphatic rings. The lowest BCUT2D eigenvalue weighted by atomic mass is 10.0. The molecule has 6 heteroatoms. The van der Waals surface area contributed by atoms with E-state index in [2.05, 4.69) is 68.5 Å². The van der Waals surface area contributed by atoms with Crippen LogP contribution >= 0.6 is 23.2 Å². The summed E-state index contributed by atoms with van der Waals surface area (Å²) in [7, 11) is 0. The topological polar surface area (TPSA) is 32.3 Å². The molecule has 0 radical (unpaired) electrons. The zero-order chi connectivity index (χ0) is 21.2. The van der Waals surface area contributed by atoms with Crippen LogP contribution in [0, 0.1) is 0 Å². The van der Waals surface area contributed by atoms with Gasteiger partial charge in [-0.2, -0.15) is 5.10 Å². The maximum Gasteiger partial charge on any atom is 0.159 e. The highest BCUT2D eigenvalue weighted by atomic mass is 35.5. The Morgan fingerprint density at radius 1 is 0.677 bits per heavy atom. The van der Waals surface area contributed by atoms with E-state index >= 15 is 0 Å². The Hall–Kier alpha value is -2.82. The number of aromatic nitrogens is 2. The summed E-state index contributed by atoms with van der Waals surface area (Å²) in [6, 6.07) is 24.7. The van der Waals surface area contributed by atoms with Crippen LogP contribution in [-0.2, 0) is 6.42 Å². The molecule has 1 aliphatic heterocycles. The number of halogens is 2. The summed E-state index contributed by atoms with van der Waals surface area (Å²) in [6.07, 6.45) is 0.778. The van der Waals surface area contributed by atoms with E-state index in [4.69, 9.17) is 23.2 Å². The van der Waals surface area contributed by atoms with Crippen molar-refractivity contribution in [1.29, 1.82) is 0 Å². The Labute approximate surface area is 192 Å². The molecule has 0 spiro atoms. The van der Waals surface area contributed by atoms with Crippen molar-refractivity contribution in [2.45, 2.75) is 6.42 Å². The van der Waals surface area contributed by atoms with Gasteiger partial charge >= 0.3 is 0 Å². The summed E-state index contributed by atoms with van der Waals surface area (Å²) in [6.45, 7) is 3.52. The Morgan fingerprint density at radius 3 is 2.10 bits per heavy atom. The van der Waals surface area contributed by atoms with Gasteiger partial charge in [0, 0.05) is 49.1 Å². The fourth-order valence-corrected chi connectivity index (χ4v) is 4.45. The van der Waals surface area contributed by atoms with E-state index in [0.717, 1.165) is 55.2 Å². The summed E-state index contributed by atoms with van der Waals surface area (Å²) < 4.78 is 0.